The fourth-order valence-corrected chi connectivity index (χ4v) is 6.37. The van der Waals surface area contributed by atoms with Crippen molar-refractivity contribution in [3.05, 3.63) is 83.4 Å². The van der Waals surface area contributed by atoms with Gasteiger partial charge in [0.15, 0.2) is 0 Å². The zero-order valence-corrected chi connectivity index (χ0v) is 22.9. The van der Waals surface area contributed by atoms with E-state index in [9.17, 15) is 25.5 Å². The summed E-state index contributed by atoms with van der Waals surface area (Å²) >= 11 is 0. The molecule has 13 heteroatoms. The number of halogens is 2. The van der Waals surface area contributed by atoms with E-state index in [1.165, 1.54) is 12.1 Å². The lowest BCUT2D eigenvalue weighted by atomic mass is 9.98. The van der Waals surface area contributed by atoms with Crippen molar-refractivity contribution >= 4 is 42.0 Å². The molecular weight excluding hydrogens is 571 g/mol. The van der Waals surface area contributed by atoms with Gasteiger partial charge in [-0.3, -0.25) is 0 Å². The maximum absolute atomic E-state index is 13.1. The lowest BCUT2D eigenvalue weighted by molar-refractivity contribution is 0.0976. The zero-order chi connectivity index (χ0) is 27.8. The van der Waals surface area contributed by atoms with Gasteiger partial charge in [0.25, 0.3) is 0 Å². The summed E-state index contributed by atoms with van der Waals surface area (Å²) in [5.74, 6) is -1.05. The van der Waals surface area contributed by atoms with Crippen molar-refractivity contribution < 1.29 is 34.4 Å². The Morgan fingerprint density at radius 3 is 2.05 bits per heavy atom. The molecule has 0 N–H and O–H groups in total. The first-order valence-electron chi connectivity index (χ1n) is 12.0. The van der Waals surface area contributed by atoms with Crippen LogP contribution >= 0.6 is 10.7 Å². The SMILES string of the molecule is O=C(OCC1c2ccccc2-c2ccccc21)N1CCN(c2cc(CS(=O)(=O)Cl)cc(OS(=O)(=O)F)c2)CC1. The number of rotatable bonds is 7. The maximum Gasteiger partial charge on any atom is 0.488 e. The third-order valence-corrected chi connectivity index (χ3v) is 8.12. The molecule has 0 aromatic heterocycles. The highest BCUT2D eigenvalue weighted by atomic mass is 35.7. The van der Waals surface area contributed by atoms with E-state index in [1.54, 1.807) is 9.80 Å². The largest absolute Gasteiger partial charge is 0.488 e. The Labute approximate surface area is 230 Å². The van der Waals surface area contributed by atoms with E-state index in [0.29, 0.717) is 31.9 Å². The molecule has 9 nitrogen and oxygen atoms in total. The Morgan fingerprint density at radius 1 is 0.897 bits per heavy atom. The van der Waals surface area contributed by atoms with E-state index in [2.05, 4.69) is 16.3 Å². The van der Waals surface area contributed by atoms with Crippen molar-refractivity contribution in [2.45, 2.75) is 11.7 Å². The summed E-state index contributed by atoms with van der Waals surface area (Å²) in [7, 11) is -3.95. The van der Waals surface area contributed by atoms with Crippen LogP contribution in [0.1, 0.15) is 22.6 Å². The van der Waals surface area contributed by atoms with Gasteiger partial charge in [-0.25, -0.2) is 13.2 Å². The molecule has 1 aliphatic heterocycles. The highest BCUT2D eigenvalue weighted by molar-refractivity contribution is 8.13. The van der Waals surface area contributed by atoms with Gasteiger partial charge in [0.05, 0.1) is 5.75 Å². The molecule has 0 saturated carbocycles. The molecule has 1 aliphatic carbocycles. The summed E-state index contributed by atoms with van der Waals surface area (Å²) in [6.45, 7) is 1.46. The molecule has 5 rings (SSSR count). The number of anilines is 1. The van der Waals surface area contributed by atoms with Gasteiger partial charge in [-0.1, -0.05) is 52.4 Å². The van der Waals surface area contributed by atoms with Crippen LogP contribution in [0.25, 0.3) is 11.1 Å². The van der Waals surface area contributed by atoms with Crippen LogP contribution in [0.2, 0.25) is 0 Å². The number of carbonyl (C=O) groups is 1. The Morgan fingerprint density at radius 2 is 1.49 bits per heavy atom. The second kappa shape index (κ2) is 10.7. The predicted octanol–water partition coefficient (Wildman–Crippen LogP) is 4.42. The van der Waals surface area contributed by atoms with E-state index in [1.807, 2.05) is 36.4 Å². The second-order valence-corrected chi connectivity index (χ2v) is 13.0. The first kappa shape index (κ1) is 27.2. The maximum atomic E-state index is 13.1. The van der Waals surface area contributed by atoms with Crippen LogP contribution in [-0.4, -0.2) is 60.6 Å². The summed E-state index contributed by atoms with van der Waals surface area (Å²) in [5.41, 5.74) is 5.03. The Bertz CT molecular complexity index is 1530. The molecule has 0 unspecified atom stereocenters. The zero-order valence-electron chi connectivity index (χ0n) is 20.5. The summed E-state index contributed by atoms with van der Waals surface area (Å²) in [5, 5.41) is 0. The topological polar surface area (TPSA) is 110 Å². The quantitative estimate of drug-likeness (QED) is 0.370. The lowest BCUT2D eigenvalue weighted by Crippen LogP contribution is -2.49. The van der Waals surface area contributed by atoms with E-state index in [4.69, 9.17) is 15.4 Å². The Balaban J connectivity index is 1.24. The number of piperazine rings is 1. The molecular formula is C26H24ClFN2O7S2. The number of hydrogen-bond acceptors (Lipinski definition) is 8. The predicted molar refractivity (Wildman–Crippen MR) is 144 cm³/mol. The number of benzene rings is 3. The summed E-state index contributed by atoms with van der Waals surface area (Å²) < 4.78 is 68.3. The van der Waals surface area contributed by atoms with Crippen LogP contribution in [0.3, 0.4) is 0 Å². The second-order valence-electron chi connectivity index (χ2n) is 9.27. The van der Waals surface area contributed by atoms with E-state index in [-0.39, 0.29) is 23.8 Å². The van der Waals surface area contributed by atoms with E-state index < -0.39 is 31.4 Å². The lowest BCUT2D eigenvalue weighted by Gasteiger charge is -2.36. The highest BCUT2D eigenvalue weighted by Gasteiger charge is 2.30. The molecule has 2 aliphatic rings. The molecule has 1 heterocycles. The van der Waals surface area contributed by atoms with Crippen LogP contribution in [0.15, 0.2) is 66.7 Å². The molecule has 1 saturated heterocycles. The van der Waals surface area contributed by atoms with Crippen LogP contribution in [0, 0.1) is 0 Å². The van der Waals surface area contributed by atoms with Gasteiger partial charge in [-0.2, -0.15) is 8.42 Å². The molecule has 1 fully saturated rings. The molecule has 0 spiro atoms. The first-order chi connectivity index (χ1) is 18.5. The smallest absolute Gasteiger partial charge is 0.448 e. The van der Waals surface area contributed by atoms with E-state index in [0.717, 1.165) is 28.3 Å². The van der Waals surface area contributed by atoms with E-state index >= 15 is 0 Å². The number of hydrogen-bond donors (Lipinski definition) is 0. The Hall–Kier alpha value is -3.35. The van der Waals surface area contributed by atoms with Crippen molar-refractivity contribution in [2.75, 3.05) is 37.7 Å². The molecule has 3 aromatic carbocycles. The fraction of sp³-hybridized carbons (Fsp3) is 0.269. The minimum atomic E-state index is -5.33. The third kappa shape index (κ3) is 6.45. The standard InChI is InChI=1S/C26H24ClFN2O7S2/c27-38(32,33)17-18-13-19(15-20(14-18)37-39(28,34)35)29-9-11-30(12-10-29)26(31)36-16-25-23-7-3-1-5-21(23)22-6-2-4-8-24(22)25/h1-8,13-15,25H,9-12,16-17H2. The van der Waals surface area contributed by atoms with Crippen molar-refractivity contribution in [1.82, 2.24) is 4.90 Å². The van der Waals surface area contributed by atoms with Crippen LogP contribution in [-0.2, 0) is 30.0 Å². The molecule has 1 amide bonds. The van der Waals surface area contributed by atoms with Crippen LogP contribution in [0.5, 0.6) is 5.75 Å². The minimum absolute atomic E-state index is 0.0613. The van der Waals surface area contributed by atoms with Gasteiger partial charge >= 0.3 is 16.6 Å². The fourth-order valence-electron chi connectivity index (χ4n) is 5.10. The molecule has 39 heavy (non-hydrogen) atoms. The monoisotopic (exact) mass is 594 g/mol. The molecule has 206 valence electrons. The van der Waals surface area contributed by atoms with Crippen molar-refractivity contribution in [3.8, 4) is 16.9 Å². The van der Waals surface area contributed by atoms with Gasteiger partial charge in [0.2, 0.25) is 9.05 Å². The molecule has 0 radical (unpaired) electrons. The van der Waals surface area contributed by atoms with Crippen molar-refractivity contribution in [2.24, 2.45) is 0 Å². The number of ether oxygens (including phenoxy) is 1. The molecule has 0 atom stereocenters. The first-order valence-corrected chi connectivity index (χ1v) is 15.8. The highest BCUT2D eigenvalue weighted by Crippen LogP contribution is 2.44. The van der Waals surface area contributed by atoms with Gasteiger partial charge in [-0.15, -0.1) is 0 Å². The van der Waals surface area contributed by atoms with Crippen LogP contribution < -0.4 is 9.08 Å². The minimum Gasteiger partial charge on any atom is -0.448 e. The number of nitrogens with zero attached hydrogens (tertiary/aromatic N) is 2. The number of amides is 1. The number of carbonyl (C=O) groups excluding carboxylic acids is 1. The van der Waals surface area contributed by atoms with Gasteiger partial charge in [0, 0.05) is 54.5 Å². The average molecular weight is 595 g/mol. The van der Waals surface area contributed by atoms with Gasteiger partial charge in [0.1, 0.15) is 12.4 Å². The normalized spacial score (nSPS) is 15.5. The molecule has 3 aromatic rings. The Kier molecular flexibility index (Phi) is 7.45. The number of fused-ring (bicyclic) bond motifs is 3. The molecule has 0 bridgehead atoms. The summed E-state index contributed by atoms with van der Waals surface area (Å²) in [6.07, 6.45) is -0.453. The van der Waals surface area contributed by atoms with Crippen LogP contribution in [0.4, 0.5) is 14.4 Å². The van der Waals surface area contributed by atoms with Crippen molar-refractivity contribution in [3.63, 3.8) is 0 Å². The van der Waals surface area contributed by atoms with Gasteiger partial charge in [-0.05, 0) is 39.9 Å². The average Bonchev–Trinajstić information content (AvgIpc) is 3.19. The van der Waals surface area contributed by atoms with Gasteiger partial charge < -0.3 is 18.7 Å². The summed E-state index contributed by atoms with van der Waals surface area (Å²) in [6, 6.07) is 20.0. The summed E-state index contributed by atoms with van der Waals surface area (Å²) in [4.78, 5) is 16.3. The van der Waals surface area contributed by atoms with Crippen molar-refractivity contribution in [1.29, 1.82) is 0 Å². The third-order valence-electron chi connectivity index (χ3n) is 6.72.